The van der Waals surface area contributed by atoms with Gasteiger partial charge in [-0.1, -0.05) is 25.1 Å². The van der Waals surface area contributed by atoms with Gasteiger partial charge < -0.3 is 19.3 Å². The average molecular weight is 414 g/mol. The molecule has 0 amide bonds. The molecule has 2 bridgehead atoms. The van der Waals surface area contributed by atoms with Crippen LogP contribution in [0.3, 0.4) is 0 Å². The van der Waals surface area contributed by atoms with Gasteiger partial charge in [0, 0.05) is 6.92 Å². The van der Waals surface area contributed by atoms with Gasteiger partial charge in [-0.05, 0) is 63.3 Å². The normalized spacial score (nSPS) is 38.9. The second-order valence-electron chi connectivity index (χ2n) is 9.58. The van der Waals surface area contributed by atoms with Crippen LogP contribution < -0.4 is 0 Å². The summed E-state index contributed by atoms with van der Waals surface area (Å²) in [5.74, 6) is -0.735. The summed E-state index contributed by atoms with van der Waals surface area (Å²) in [5, 5.41) is 11.4. The fraction of sp³-hybridized carbons (Fsp3) is 0.583. The van der Waals surface area contributed by atoms with Crippen LogP contribution in [0.1, 0.15) is 57.8 Å². The zero-order valence-corrected chi connectivity index (χ0v) is 18.2. The van der Waals surface area contributed by atoms with E-state index in [1.807, 2.05) is 33.8 Å². The topological polar surface area (TPSA) is 82.1 Å². The standard InChI is InChI=1S/C24H30O6/c1-14-11-18(28-15(2)25)20(26)23(5)19(29-21(27)16-9-7-6-8-10-16)12-17-13-24(14,23)30-22(17,3)4/h6-11,17-20,26H,12-13H2,1-5H3/t17-,18+,19+,20-,23-,24+/m1/s1. The number of esters is 2. The number of hydrogen-bond acceptors (Lipinski definition) is 6. The second-order valence-corrected chi connectivity index (χ2v) is 9.58. The van der Waals surface area contributed by atoms with Crippen molar-refractivity contribution in [3.63, 3.8) is 0 Å². The number of carbonyl (C=O) groups excluding carboxylic acids is 2. The monoisotopic (exact) mass is 414 g/mol. The lowest BCUT2D eigenvalue weighted by Gasteiger charge is -2.57. The summed E-state index contributed by atoms with van der Waals surface area (Å²) in [6.07, 6.45) is 0.590. The highest BCUT2D eigenvalue weighted by atomic mass is 16.6. The van der Waals surface area contributed by atoms with E-state index >= 15 is 0 Å². The van der Waals surface area contributed by atoms with Gasteiger partial charge in [-0.25, -0.2) is 4.79 Å². The number of rotatable bonds is 3. The highest BCUT2D eigenvalue weighted by Gasteiger charge is 2.72. The van der Waals surface area contributed by atoms with Crippen LogP contribution in [0.25, 0.3) is 0 Å². The molecule has 3 aliphatic rings. The predicted molar refractivity (Wildman–Crippen MR) is 110 cm³/mol. The van der Waals surface area contributed by atoms with Crippen LogP contribution in [-0.4, -0.2) is 46.6 Å². The Hall–Kier alpha value is -2.18. The van der Waals surface area contributed by atoms with Gasteiger partial charge in [0.15, 0.2) is 0 Å². The number of benzene rings is 1. The lowest BCUT2D eigenvalue weighted by Crippen LogP contribution is -2.67. The van der Waals surface area contributed by atoms with Crippen LogP contribution in [0.15, 0.2) is 42.0 Å². The molecule has 1 saturated heterocycles. The third kappa shape index (κ3) is 2.92. The second kappa shape index (κ2) is 6.92. The Morgan fingerprint density at radius 1 is 1.13 bits per heavy atom. The first-order chi connectivity index (χ1) is 14.0. The summed E-state index contributed by atoms with van der Waals surface area (Å²) in [6, 6.07) is 8.84. The third-order valence-electron chi connectivity index (χ3n) is 7.53. The van der Waals surface area contributed by atoms with Crippen molar-refractivity contribution in [3.05, 3.63) is 47.5 Å². The van der Waals surface area contributed by atoms with Gasteiger partial charge in [-0.2, -0.15) is 0 Å². The molecular formula is C24H30O6. The van der Waals surface area contributed by atoms with Crippen molar-refractivity contribution in [1.29, 1.82) is 0 Å². The summed E-state index contributed by atoms with van der Waals surface area (Å²) in [4.78, 5) is 24.6. The minimum Gasteiger partial charge on any atom is -0.458 e. The minimum atomic E-state index is -1.08. The molecule has 1 aliphatic heterocycles. The number of ether oxygens (including phenoxy) is 3. The summed E-state index contributed by atoms with van der Waals surface area (Å²) < 4.78 is 18.1. The molecule has 30 heavy (non-hydrogen) atoms. The predicted octanol–water partition coefficient (Wildman–Crippen LogP) is 3.43. The highest BCUT2D eigenvalue weighted by Crippen LogP contribution is 2.65. The first-order valence-corrected chi connectivity index (χ1v) is 10.5. The fourth-order valence-electron chi connectivity index (χ4n) is 5.77. The van der Waals surface area contributed by atoms with Crippen LogP contribution in [0.2, 0.25) is 0 Å². The van der Waals surface area contributed by atoms with E-state index in [-0.39, 0.29) is 5.92 Å². The molecule has 1 saturated carbocycles. The molecule has 0 radical (unpaired) electrons. The Morgan fingerprint density at radius 2 is 1.80 bits per heavy atom. The lowest BCUT2D eigenvalue weighted by molar-refractivity contribution is -0.223. The maximum absolute atomic E-state index is 12.9. The smallest absolute Gasteiger partial charge is 0.338 e. The molecule has 1 N–H and O–H groups in total. The molecule has 0 unspecified atom stereocenters. The van der Waals surface area contributed by atoms with Crippen molar-refractivity contribution < 1.29 is 28.9 Å². The molecule has 6 nitrogen and oxygen atoms in total. The number of aliphatic hydroxyl groups is 1. The summed E-state index contributed by atoms with van der Waals surface area (Å²) >= 11 is 0. The van der Waals surface area contributed by atoms with Crippen molar-refractivity contribution >= 4 is 11.9 Å². The van der Waals surface area contributed by atoms with Crippen LogP contribution in [0.4, 0.5) is 0 Å². The number of aliphatic hydroxyl groups excluding tert-OH is 1. The molecule has 1 spiro atoms. The molecule has 1 aromatic carbocycles. The molecule has 4 rings (SSSR count). The van der Waals surface area contributed by atoms with Crippen LogP contribution in [0.5, 0.6) is 0 Å². The maximum atomic E-state index is 12.9. The van der Waals surface area contributed by atoms with E-state index in [0.29, 0.717) is 12.0 Å². The first-order valence-electron chi connectivity index (χ1n) is 10.5. The Morgan fingerprint density at radius 3 is 2.43 bits per heavy atom. The van der Waals surface area contributed by atoms with Gasteiger partial charge in [0.2, 0.25) is 0 Å². The van der Waals surface area contributed by atoms with Gasteiger partial charge in [-0.3, -0.25) is 4.79 Å². The molecule has 1 heterocycles. The first kappa shape index (κ1) is 21.1. The van der Waals surface area contributed by atoms with E-state index in [2.05, 4.69) is 0 Å². The van der Waals surface area contributed by atoms with Gasteiger partial charge >= 0.3 is 11.9 Å². The van der Waals surface area contributed by atoms with Gasteiger partial charge in [0.25, 0.3) is 0 Å². The van der Waals surface area contributed by atoms with E-state index in [9.17, 15) is 14.7 Å². The van der Waals surface area contributed by atoms with Crippen LogP contribution in [0, 0.1) is 11.3 Å². The van der Waals surface area contributed by atoms with Crippen molar-refractivity contribution in [2.45, 2.75) is 77.0 Å². The van der Waals surface area contributed by atoms with Crippen molar-refractivity contribution in [2.75, 3.05) is 0 Å². The van der Waals surface area contributed by atoms with E-state index in [4.69, 9.17) is 14.2 Å². The number of hydrogen-bond donors (Lipinski definition) is 1. The molecule has 0 aromatic heterocycles. The highest BCUT2D eigenvalue weighted by molar-refractivity contribution is 5.89. The molecule has 6 heteroatoms. The van der Waals surface area contributed by atoms with E-state index in [1.165, 1.54) is 6.92 Å². The third-order valence-corrected chi connectivity index (χ3v) is 7.53. The number of fused-ring (bicyclic) bond motifs is 1. The summed E-state index contributed by atoms with van der Waals surface area (Å²) in [5.41, 5.74) is -0.837. The van der Waals surface area contributed by atoms with E-state index in [0.717, 1.165) is 12.0 Å². The molecule has 162 valence electrons. The van der Waals surface area contributed by atoms with E-state index in [1.54, 1.807) is 30.3 Å². The fourth-order valence-corrected chi connectivity index (χ4v) is 5.77. The number of carbonyl (C=O) groups is 2. The van der Waals surface area contributed by atoms with Gasteiger partial charge in [0.05, 0.1) is 16.6 Å². The zero-order valence-electron chi connectivity index (χ0n) is 18.2. The molecular weight excluding hydrogens is 384 g/mol. The van der Waals surface area contributed by atoms with Crippen molar-refractivity contribution in [2.24, 2.45) is 11.3 Å². The Balaban J connectivity index is 1.77. The van der Waals surface area contributed by atoms with Crippen LogP contribution in [-0.2, 0) is 19.0 Å². The quantitative estimate of drug-likeness (QED) is 0.603. The molecule has 2 aliphatic carbocycles. The maximum Gasteiger partial charge on any atom is 0.338 e. The van der Waals surface area contributed by atoms with Crippen molar-refractivity contribution in [1.82, 2.24) is 0 Å². The van der Waals surface area contributed by atoms with Crippen molar-refractivity contribution in [3.8, 4) is 0 Å². The molecule has 1 aromatic rings. The largest absolute Gasteiger partial charge is 0.458 e. The minimum absolute atomic E-state index is 0.167. The van der Waals surface area contributed by atoms with E-state index < -0.39 is 46.9 Å². The molecule has 2 fully saturated rings. The van der Waals surface area contributed by atoms with Crippen LogP contribution >= 0.6 is 0 Å². The summed E-state index contributed by atoms with van der Waals surface area (Å²) in [7, 11) is 0. The molecule has 6 atom stereocenters. The van der Waals surface area contributed by atoms with Gasteiger partial charge in [-0.15, -0.1) is 0 Å². The van der Waals surface area contributed by atoms with Gasteiger partial charge in [0.1, 0.15) is 23.9 Å². The average Bonchev–Trinajstić information content (AvgIpc) is 2.92. The zero-order chi connectivity index (χ0) is 21.9. The lowest BCUT2D eigenvalue weighted by atomic mass is 9.52. The Bertz CT molecular complexity index is 890. The summed E-state index contributed by atoms with van der Waals surface area (Å²) in [6.45, 7) is 9.26. The Kier molecular flexibility index (Phi) is 4.86. The SMILES string of the molecule is CC(=O)O[C@H]1C=C(C)[C@@]23C[C@@H](C[C@H](OC(=O)c4ccccc4)[C@]2(C)[C@@H]1O)C(C)(C)O3. The Labute approximate surface area is 177 Å².